The molecule has 0 radical (unpaired) electrons. The molecular weight excluding hydrogens is 222 g/mol. The predicted molar refractivity (Wildman–Crippen MR) is 62.7 cm³/mol. The number of halogens is 2. The van der Waals surface area contributed by atoms with Crippen LogP contribution in [0.2, 0.25) is 0 Å². The highest BCUT2D eigenvalue weighted by Gasteiger charge is 2.12. The number of rotatable bonds is 5. The Morgan fingerprint density at radius 3 is 2.59 bits per heavy atom. The molecule has 4 heteroatoms. The molecule has 0 saturated heterocycles. The average molecular weight is 238 g/mol. The third-order valence-corrected chi connectivity index (χ3v) is 2.35. The van der Waals surface area contributed by atoms with Crippen molar-refractivity contribution in [2.45, 2.75) is 26.8 Å². The van der Waals surface area contributed by atoms with Crippen molar-refractivity contribution in [3.05, 3.63) is 34.9 Å². The zero-order valence-electron chi connectivity index (χ0n) is 10.0. The first kappa shape index (κ1) is 13.6. The Labute approximate surface area is 100 Å². The zero-order chi connectivity index (χ0) is 12.8. The van der Waals surface area contributed by atoms with E-state index in [0.29, 0.717) is 12.5 Å². The Kier molecular flexibility index (Phi) is 5.05. The van der Waals surface area contributed by atoms with Crippen molar-refractivity contribution in [3.63, 3.8) is 0 Å². The molecule has 1 rings (SSSR count). The van der Waals surface area contributed by atoms with Crippen molar-refractivity contribution in [1.82, 2.24) is 5.32 Å². The summed E-state index contributed by atoms with van der Waals surface area (Å²) in [7, 11) is 0. The summed E-state index contributed by atoms with van der Waals surface area (Å²) in [5.74, 6) is 0.533. The molecule has 0 aromatic heterocycles. The highest BCUT2D eigenvalue weighted by Crippen LogP contribution is 2.23. The molecule has 0 fully saturated rings. The van der Waals surface area contributed by atoms with E-state index < -0.39 is 6.43 Å². The maximum atomic E-state index is 12.5. The van der Waals surface area contributed by atoms with Gasteiger partial charge in [-0.15, -0.1) is 0 Å². The fraction of sp³-hybridized carbons (Fsp3) is 0.462. The molecule has 0 saturated carbocycles. The number of benzene rings is 1. The van der Waals surface area contributed by atoms with Gasteiger partial charge in [-0.3, -0.25) is 0 Å². The molecule has 1 N–H and O–H groups in total. The Bertz CT molecular complexity index is 408. The van der Waals surface area contributed by atoms with Crippen LogP contribution in [0.4, 0.5) is 8.78 Å². The van der Waals surface area contributed by atoms with Crippen LogP contribution < -0.4 is 5.32 Å². The molecule has 0 unspecified atom stereocenters. The lowest BCUT2D eigenvalue weighted by atomic mass is 10.0. The quantitative estimate of drug-likeness (QED) is 0.854. The van der Waals surface area contributed by atoms with Gasteiger partial charge < -0.3 is 5.32 Å². The summed E-state index contributed by atoms with van der Waals surface area (Å²) < 4.78 is 25.1. The van der Waals surface area contributed by atoms with Gasteiger partial charge in [0.1, 0.15) is 0 Å². The van der Waals surface area contributed by atoms with Crippen molar-refractivity contribution >= 4 is 0 Å². The molecule has 1 aromatic rings. The second kappa shape index (κ2) is 6.31. The summed E-state index contributed by atoms with van der Waals surface area (Å²) in [6.45, 7) is 5.63. The Morgan fingerprint density at radius 1 is 1.35 bits per heavy atom. The van der Waals surface area contributed by atoms with E-state index in [9.17, 15) is 8.78 Å². The van der Waals surface area contributed by atoms with E-state index in [0.717, 1.165) is 12.1 Å². The Balaban J connectivity index is 2.73. The lowest BCUT2D eigenvalue weighted by molar-refractivity contribution is 0.151. The van der Waals surface area contributed by atoms with Gasteiger partial charge in [-0.2, -0.15) is 5.26 Å². The first-order valence-electron chi connectivity index (χ1n) is 5.56. The molecule has 0 amide bonds. The minimum atomic E-state index is -2.60. The normalized spacial score (nSPS) is 10.9. The second-order valence-electron chi connectivity index (χ2n) is 4.36. The minimum Gasteiger partial charge on any atom is -0.312 e. The number of nitriles is 1. The van der Waals surface area contributed by atoms with Gasteiger partial charge >= 0.3 is 0 Å². The van der Waals surface area contributed by atoms with Crippen LogP contribution in [-0.4, -0.2) is 6.54 Å². The highest BCUT2D eigenvalue weighted by atomic mass is 19.3. The van der Waals surface area contributed by atoms with Crippen LogP contribution in [0.1, 0.15) is 37.0 Å². The van der Waals surface area contributed by atoms with E-state index in [4.69, 9.17) is 5.26 Å². The molecule has 0 aliphatic heterocycles. The highest BCUT2D eigenvalue weighted by molar-refractivity contribution is 5.41. The molecule has 0 bridgehead atoms. The maximum absolute atomic E-state index is 12.5. The van der Waals surface area contributed by atoms with Crippen LogP contribution in [0.15, 0.2) is 18.2 Å². The molecular formula is C13H16F2N2. The number of nitrogens with zero attached hydrogens (tertiary/aromatic N) is 1. The summed E-state index contributed by atoms with van der Waals surface area (Å²) in [6, 6.07) is 6.29. The van der Waals surface area contributed by atoms with Crippen molar-refractivity contribution in [1.29, 1.82) is 5.26 Å². The van der Waals surface area contributed by atoms with Gasteiger partial charge in [-0.25, -0.2) is 8.78 Å². The molecule has 0 aliphatic carbocycles. The summed E-state index contributed by atoms with van der Waals surface area (Å²) in [5.41, 5.74) is 0.718. The first-order valence-corrected chi connectivity index (χ1v) is 5.56. The van der Waals surface area contributed by atoms with Crippen molar-refractivity contribution in [2.75, 3.05) is 6.54 Å². The van der Waals surface area contributed by atoms with Gasteiger partial charge in [0.2, 0.25) is 0 Å². The Hall–Kier alpha value is -1.47. The van der Waals surface area contributed by atoms with Crippen molar-refractivity contribution < 1.29 is 8.78 Å². The zero-order valence-corrected chi connectivity index (χ0v) is 10.0. The standard InChI is InChI=1S/C13H16F2N2/c1-9(2)7-17-8-10-3-4-12(13(14)15)11(5-10)6-16/h3-5,9,13,17H,7-8H2,1-2H3. The smallest absolute Gasteiger partial charge is 0.265 e. The monoisotopic (exact) mass is 238 g/mol. The third kappa shape index (κ3) is 4.12. The molecule has 1 aromatic carbocycles. The molecule has 0 atom stereocenters. The van der Waals surface area contributed by atoms with E-state index in [2.05, 4.69) is 19.2 Å². The van der Waals surface area contributed by atoms with Crippen LogP contribution >= 0.6 is 0 Å². The molecule has 92 valence electrons. The van der Waals surface area contributed by atoms with Crippen LogP contribution in [0.5, 0.6) is 0 Å². The van der Waals surface area contributed by atoms with Crippen molar-refractivity contribution in [3.8, 4) is 6.07 Å². The fourth-order valence-corrected chi connectivity index (χ4v) is 1.51. The average Bonchev–Trinajstić information content (AvgIpc) is 2.28. The van der Waals surface area contributed by atoms with Crippen molar-refractivity contribution in [2.24, 2.45) is 5.92 Å². The maximum Gasteiger partial charge on any atom is 0.265 e. The summed E-state index contributed by atoms with van der Waals surface area (Å²) in [6.07, 6.45) is -2.60. The summed E-state index contributed by atoms with van der Waals surface area (Å²) in [5, 5.41) is 12.0. The van der Waals surface area contributed by atoms with E-state index in [1.54, 1.807) is 6.07 Å². The molecule has 0 heterocycles. The SMILES string of the molecule is CC(C)CNCc1ccc(C(F)F)c(C#N)c1. The lowest BCUT2D eigenvalue weighted by Crippen LogP contribution is -2.19. The van der Waals surface area contributed by atoms with Crippen LogP contribution in [0, 0.1) is 17.2 Å². The summed E-state index contributed by atoms with van der Waals surface area (Å²) in [4.78, 5) is 0. The van der Waals surface area contributed by atoms with E-state index in [-0.39, 0.29) is 11.1 Å². The van der Waals surface area contributed by atoms with Gasteiger partial charge in [0, 0.05) is 12.1 Å². The number of hydrogen-bond acceptors (Lipinski definition) is 2. The second-order valence-corrected chi connectivity index (χ2v) is 4.36. The number of nitrogens with one attached hydrogen (secondary N) is 1. The molecule has 17 heavy (non-hydrogen) atoms. The topological polar surface area (TPSA) is 35.8 Å². The number of hydrogen-bond donors (Lipinski definition) is 1. The van der Waals surface area contributed by atoms with E-state index >= 15 is 0 Å². The van der Waals surface area contributed by atoms with Gasteiger partial charge in [0.05, 0.1) is 11.6 Å². The van der Waals surface area contributed by atoms with Crippen LogP contribution in [0.3, 0.4) is 0 Å². The number of alkyl halides is 2. The Morgan fingerprint density at radius 2 is 2.06 bits per heavy atom. The largest absolute Gasteiger partial charge is 0.312 e. The molecule has 0 aliphatic rings. The van der Waals surface area contributed by atoms with Crippen LogP contribution in [-0.2, 0) is 6.54 Å². The summed E-state index contributed by atoms with van der Waals surface area (Å²) >= 11 is 0. The van der Waals surface area contributed by atoms with Gasteiger partial charge in [-0.05, 0) is 24.1 Å². The predicted octanol–water partition coefficient (Wildman–Crippen LogP) is 3.24. The molecule has 2 nitrogen and oxygen atoms in total. The van der Waals surface area contributed by atoms with Gasteiger partial charge in [0.15, 0.2) is 0 Å². The van der Waals surface area contributed by atoms with E-state index in [1.807, 2.05) is 6.07 Å². The van der Waals surface area contributed by atoms with Gasteiger partial charge in [-0.1, -0.05) is 26.0 Å². The third-order valence-electron chi connectivity index (χ3n) is 2.35. The van der Waals surface area contributed by atoms with Crippen LogP contribution in [0.25, 0.3) is 0 Å². The lowest BCUT2D eigenvalue weighted by Gasteiger charge is -2.09. The first-order chi connectivity index (χ1) is 8.04. The molecule has 0 spiro atoms. The van der Waals surface area contributed by atoms with E-state index in [1.165, 1.54) is 12.1 Å². The van der Waals surface area contributed by atoms with Gasteiger partial charge in [0.25, 0.3) is 6.43 Å². The minimum absolute atomic E-state index is 0.0591. The fourth-order valence-electron chi connectivity index (χ4n) is 1.51.